The molecule has 0 spiro atoms. The van der Waals surface area contributed by atoms with Crippen molar-refractivity contribution in [3.63, 3.8) is 0 Å². The Kier molecular flexibility index (Phi) is 3.99. The number of aryl methyl sites for hydroxylation is 1. The zero-order valence-electron chi connectivity index (χ0n) is 10.9. The van der Waals surface area contributed by atoms with E-state index in [2.05, 4.69) is 5.16 Å². The van der Waals surface area contributed by atoms with E-state index in [-0.39, 0.29) is 16.3 Å². The Bertz CT molecular complexity index is 730. The lowest BCUT2D eigenvalue weighted by atomic mass is 10.1. The lowest BCUT2D eigenvalue weighted by molar-refractivity contribution is 0.105. The van der Waals surface area contributed by atoms with E-state index < -0.39 is 5.78 Å². The van der Waals surface area contributed by atoms with Crippen LogP contribution in [0.15, 0.2) is 39.6 Å². The number of carbonyl (C=O) groups is 1. The van der Waals surface area contributed by atoms with Gasteiger partial charge in [0.2, 0.25) is 11.6 Å². The minimum Gasteiger partial charge on any atom is -0.497 e. The molecule has 6 nitrogen and oxygen atoms in total. The molecule has 2 rings (SSSR count). The average Bonchev–Trinajstić information content (AvgIpc) is 2.80. The number of Topliss-reactive ketones (excluding diaryl/α,β-unsaturated/α-hetero) is 1. The van der Waals surface area contributed by atoms with Crippen LogP contribution < -0.4 is 9.61 Å². The summed E-state index contributed by atoms with van der Waals surface area (Å²) in [5.74, 6) is -0.389. The molecule has 0 fully saturated rings. The predicted octanol–water partition coefficient (Wildman–Crippen LogP) is 1.75. The Balaban J connectivity index is 2.48. The van der Waals surface area contributed by atoms with Crippen molar-refractivity contribution in [3.05, 3.63) is 50.6 Å². The first-order chi connectivity index (χ1) is 9.58. The average molecular weight is 292 g/mol. The van der Waals surface area contributed by atoms with Crippen molar-refractivity contribution < 1.29 is 14.7 Å². The zero-order chi connectivity index (χ0) is 14.7. The molecule has 104 valence electrons. The second kappa shape index (κ2) is 5.70. The number of carbonyl (C=O) groups excluding carboxylic acids is 1. The Morgan fingerprint density at radius 3 is 2.75 bits per heavy atom. The second-order valence-electron chi connectivity index (χ2n) is 3.96. The van der Waals surface area contributed by atoms with Gasteiger partial charge in [-0.1, -0.05) is 28.6 Å². The Morgan fingerprint density at radius 1 is 1.45 bits per heavy atom. The first-order valence-corrected chi connectivity index (χ1v) is 6.54. The lowest BCUT2D eigenvalue weighted by Gasteiger charge is -2.07. The maximum absolute atomic E-state index is 12.3. The summed E-state index contributed by atoms with van der Waals surface area (Å²) >= 11 is 0.934. The third-order valence-electron chi connectivity index (χ3n) is 2.71. The van der Waals surface area contributed by atoms with Crippen LogP contribution in [-0.2, 0) is 0 Å². The van der Waals surface area contributed by atoms with Crippen molar-refractivity contribution in [2.75, 3.05) is 7.11 Å². The molecule has 1 N–H and O–H groups in total. The number of hydrogen-bond donors (Lipinski definition) is 1. The molecule has 1 aromatic carbocycles. The van der Waals surface area contributed by atoms with Crippen LogP contribution in [0, 0.1) is 6.92 Å². The van der Waals surface area contributed by atoms with Gasteiger partial charge in [-0.2, -0.15) is 0 Å². The van der Waals surface area contributed by atoms with Gasteiger partial charge in [0, 0.05) is 16.6 Å². The number of benzene rings is 1. The number of nitrogens with zero attached hydrogens (tertiary/aromatic N) is 2. The zero-order valence-corrected chi connectivity index (χ0v) is 11.7. The number of thiazole rings is 1. The minimum atomic E-state index is -0.560. The molecular weight excluding hydrogens is 280 g/mol. The van der Waals surface area contributed by atoms with E-state index in [1.165, 1.54) is 13.2 Å². The highest BCUT2D eigenvalue weighted by Crippen LogP contribution is 2.14. The van der Waals surface area contributed by atoms with Crippen LogP contribution in [0.3, 0.4) is 0 Å². The first-order valence-electron chi connectivity index (χ1n) is 5.66. The molecule has 0 radical (unpaired) electrons. The van der Waals surface area contributed by atoms with Crippen molar-refractivity contribution in [2.45, 2.75) is 6.92 Å². The van der Waals surface area contributed by atoms with Gasteiger partial charge in [-0.25, -0.2) is 4.57 Å². The topological polar surface area (TPSA) is 80.9 Å². The van der Waals surface area contributed by atoms with Gasteiger partial charge < -0.3 is 9.94 Å². The van der Waals surface area contributed by atoms with Crippen LogP contribution in [0.1, 0.15) is 16.1 Å². The number of ketones is 1. The maximum Gasteiger partial charge on any atom is 0.313 e. The summed E-state index contributed by atoms with van der Waals surface area (Å²) in [4.78, 5) is 23.7. The monoisotopic (exact) mass is 292 g/mol. The van der Waals surface area contributed by atoms with Gasteiger partial charge in [-0.3, -0.25) is 9.59 Å². The SMILES string of the molecule is COc1cccc(C(=O)/C(=N/O)n2c(C)csc2=O)c1. The summed E-state index contributed by atoms with van der Waals surface area (Å²) in [5.41, 5.74) is 0.804. The fraction of sp³-hybridized carbons (Fsp3) is 0.154. The van der Waals surface area contributed by atoms with E-state index in [0.717, 1.165) is 15.9 Å². The van der Waals surface area contributed by atoms with E-state index >= 15 is 0 Å². The highest BCUT2D eigenvalue weighted by Gasteiger charge is 2.21. The van der Waals surface area contributed by atoms with Crippen molar-refractivity contribution in [1.29, 1.82) is 0 Å². The van der Waals surface area contributed by atoms with Gasteiger partial charge in [0.1, 0.15) is 5.75 Å². The number of hydrogen-bond acceptors (Lipinski definition) is 6. The smallest absolute Gasteiger partial charge is 0.313 e. The van der Waals surface area contributed by atoms with E-state index in [0.29, 0.717) is 11.4 Å². The molecule has 0 aliphatic heterocycles. The molecule has 0 aliphatic carbocycles. The molecule has 0 saturated carbocycles. The maximum atomic E-state index is 12.3. The fourth-order valence-corrected chi connectivity index (χ4v) is 2.44. The molecule has 7 heteroatoms. The Labute approximate surface area is 118 Å². The van der Waals surface area contributed by atoms with Crippen LogP contribution in [0.2, 0.25) is 0 Å². The molecule has 1 heterocycles. The van der Waals surface area contributed by atoms with Crippen molar-refractivity contribution in [2.24, 2.45) is 5.16 Å². The molecular formula is C13H12N2O4S. The number of aromatic nitrogens is 1. The third kappa shape index (κ3) is 2.48. The third-order valence-corrected chi connectivity index (χ3v) is 3.55. The van der Waals surface area contributed by atoms with Crippen LogP contribution in [0.25, 0.3) is 0 Å². The molecule has 1 aromatic heterocycles. The van der Waals surface area contributed by atoms with Crippen molar-refractivity contribution >= 4 is 23.0 Å². The van der Waals surface area contributed by atoms with E-state index in [1.807, 2.05) is 0 Å². The van der Waals surface area contributed by atoms with E-state index in [4.69, 9.17) is 9.94 Å². The molecule has 2 aromatic rings. The molecule has 20 heavy (non-hydrogen) atoms. The molecule has 0 aliphatic rings. The molecule has 0 unspecified atom stereocenters. The lowest BCUT2D eigenvalue weighted by Crippen LogP contribution is -2.31. The van der Waals surface area contributed by atoms with Gasteiger partial charge in [-0.15, -0.1) is 0 Å². The first kappa shape index (κ1) is 14.0. The summed E-state index contributed by atoms with van der Waals surface area (Å²) in [6, 6.07) is 6.40. The molecule has 0 amide bonds. The largest absolute Gasteiger partial charge is 0.497 e. The normalized spacial score (nSPS) is 11.4. The highest BCUT2D eigenvalue weighted by molar-refractivity contribution is 7.07. The summed E-state index contributed by atoms with van der Waals surface area (Å²) in [6.45, 7) is 1.65. The molecule has 0 atom stereocenters. The van der Waals surface area contributed by atoms with Gasteiger partial charge in [-0.05, 0) is 19.1 Å². The summed E-state index contributed by atoms with van der Waals surface area (Å²) < 4.78 is 6.11. The predicted molar refractivity (Wildman–Crippen MR) is 75.3 cm³/mol. The number of methoxy groups -OCH3 is 1. The van der Waals surface area contributed by atoms with Crippen LogP contribution in [0.4, 0.5) is 0 Å². The van der Waals surface area contributed by atoms with Gasteiger partial charge in [0.05, 0.1) is 7.11 Å². The molecule has 0 bridgehead atoms. The van der Waals surface area contributed by atoms with E-state index in [9.17, 15) is 9.59 Å². The van der Waals surface area contributed by atoms with Gasteiger partial charge >= 0.3 is 4.87 Å². The van der Waals surface area contributed by atoms with Crippen LogP contribution in [0.5, 0.6) is 5.75 Å². The standard InChI is InChI=1S/C13H12N2O4S/c1-8-7-20-13(17)15(8)12(14-18)11(16)9-4-3-5-10(6-9)19-2/h3-7,18H,1-2H3/b14-12-. The number of rotatable bonds is 3. The minimum absolute atomic E-state index is 0.273. The van der Waals surface area contributed by atoms with Crippen LogP contribution in [-0.4, -0.2) is 28.5 Å². The van der Waals surface area contributed by atoms with Crippen LogP contribution >= 0.6 is 11.3 Å². The van der Waals surface area contributed by atoms with Crippen molar-refractivity contribution in [1.82, 2.24) is 4.57 Å². The summed E-state index contributed by atoms with van der Waals surface area (Å²) in [5, 5.41) is 13.7. The fourth-order valence-electron chi connectivity index (χ4n) is 1.72. The van der Waals surface area contributed by atoms with E-state index in [1.54, 1.807) is 30.5 Å². The Morgan fingerprint density at radius 2 is 2.20 bits per heavy atom. The summed E-state index contributed by atoms with van der Waals surface area (Å²) in [7, 11) is 1.48. The van der Waals surface area contributed by atoms with Crippen molar-refractivity contribution in [3.8, 4) is 5.75 Å². The quantitative estimate of drug-likeness (QED) is 0.307. The molecule has 0 saturated heterocycles. The van der Waals surface area contributed by atoms with Gasteiger partial charge in [0.25, 0.3) is 0 Å². The van der Waals surface area contributed by atoms with Gasteiger partial charge in [0.15, 0.2) is 0 Å². The Hall–Kier alpha value is -2.41. The number of oxime groups is 1. The highest BCUT2D eigenvalue weighted by atomic mass is 32.1. The number of ether oxygens (including phenoxy) is 1. The summed E-state index contributed by atoms with van der Waals surface area (Å²) in [6.07, 6.45) is 0. The second-order valence-corrected chi connectivity index (χ2v) is 4.78.